The van der Waals surface area contributed by atoms with Gasteiger partial charge in [-0.05, 0) is 43.2 Å². The van der Waals surface area contributed by atoms with E-state index in [0.29, 0.717) is 5.41 Å². The first kappa shape index (κ1) is 11.0. The van der Waals surface area contributed by atoms with Gasteiger partial charge in [0.2, 0.25) is 0 Å². The fourth-order valence-corrected chi connectivity index (χ4v) is 2.74. The normalized spacial score (nSPS) is 17.5. The second kappa shape index (κ2) is 4.17. The van der Waals surface area contributed by atoms with Gasteiger partial charge in [-0.15, -0.1) is 0 Å². The Kier molecular flexibility index (Phi) is 3.06. The lowest BCUT2D eigenvalue weighted by Crippen LogP contribution is -2.07. The van der Waals surface area contributed by atoms with E-state index in [4.69, 9.17) is 4.74 Å². The molecule has 1 aliphatic carbocycles. The highest BCUT2D eigenvalue weighted by Crippen LogP contribution is 2.50. The minimum atomic E-state index is 0.515. The van der Waals surface area contributed by atoms with Crippen molar-refractivity contribution in [1.29, 1.82) is 0 Å². The Morgan fingerprint density at radius 3 is 2.67 bits per heavy atom. The van der Waals surface area contributed by atoms with Crippen molar-refractivity contribution in [2.45, 2.75) is 26.2 Å². The zero-order chi connectivity index (χ0) is 10.9. The number of rotatable bonds is 4. The smallest absolute Gasteiger partial charge is 0.122 e. The van der Waals surface area contributed by atoms with Gasteiger partial charge in [-0.2, -0.15) is 0 Å². The van der Waals surface area contributed by atoms with E-state index in [1.807, 2.05) is 0 Å². The molecule has 2 rings (SSSR count). The Bertz CT molecular complexity index is 356. The minimum absolute atomic E-state index is 0.515. The summed E-state index contributed by atoms with van der Waals surface area (Å²) in [5, 5.41) is 1.11. The number of alkyl halides is 1. The van der Waals surface area contributed by atoms with Crippen LogP contribution in [-0.4, -0.2) is 12.4 Å². The van der Waals surface area contributed by atoms with Crippen LogP contribution in [-0.2, 0) is 6.42 Å². The maximum atomic E-state index is 5.40. The lowest BCUT2D eigenvalue weighted by Gasteiger charge is -2.15. The second-order valence-corrected chi connectivity index (χ2v) is 5.19. The fraction of sp³-hybridized carbons (Fsp3) is 0.538. The summed E-state index contributed by atoms with van der Waals surface area (Å²) >= 11 is 3.62. The van der Waals surface area contributed by atoms with Crippen molar-refractivity contribution >= 4 is 15.9 Å². The van der Waals surface area contributed by atoms with Crippen molar-refractivity contribution in [1.82, 2.24) is 0 Å². The van der Waals surface area contributed by atoms with Gasteiger partial charge in [-0.25, -0.2) is 0 Å². The predicted octanol–water partition coefficient (Wildman–Crippen LogP) is 3.72. The molecule has 0 bridgehead atoms. The molecule has 2 heteroatoms. The van der Waals surface area contributed by atoms with Crippen LogP contribution >= 0.6 is 15.9 Å². The molecule has 1 saturated carbocycles. The van der Waals surface area contributed by atoms with Crippen LogP contribution < -0.4 is 4.74 Å². The molecule has 0 heterocycles. The van der Waals surface area contributed by atoms with E-state index in [0.717, 1.165) is 17.5 Å². The third-order valence-corrected chi connectivity index (χ3v) is 4.43. The summed E-state index contributed by atoms with van der Waals surface area (Å²) in [6.07, 6.45) is 3.83. The SMILES string of the molecule is COc1ccc(C)cc1CC1(CBr)CC1. The Labute approximate surface area is 100.0 Å². The number of methoxy groups -OCH3 is 1. The van der Waals surface area contributed by atoms with Crippen molar-refractivity contribution in [3.05, 3.63) is 29.3 Å². The first-order valence-corrected chi connectivity index (χ1v) is 6.51. The highest BCUT2D eigenvalue weighted by atomic mass is 79.9. The summed E-state index contributed by atoms with van der Waals surface area (Å²) in [4.78, 5) is 0. The summed E-state index contributed by atoms with van der Waals surface area (Å²) in [6.45, 7) is 2.14. The number of hydrogen-bond acceptors (Lipinski definition) is 1. The van der Waals surface area contributed by atoms with Crippen LogP contribution in [0.5, 0.6) is 5.75 Å². The largest absolute Gasteiger partial charge is 0.496 e. The molecule has 1 fully saturated rings. The van der Waals surface area contributed by atoms with Crippen molar-refractivity contribution < 1.29 is 4.74 Å². The molecule has 0 atom stereocenters. The maximum Gasteiger partial charge on any atom is 0.122 e. The quantitative estimate of drug-likeness (QED) is 0.757. The Morgan fingerprint density at radius 1 is 1.40 bits per heavy atom. The average molecular weight is 269 g/mol. The molecule has 1 aromatic carbocycles. The lowest BCUT2D eigenvalue weighted by molar-refractivity contribution is 0.404. The third kappa shape index (κ3) is 2.36. The van der Waals surface area contributed by atoms with Gasteiger partial charge in [0.1, 0.15) is 5.75 Å². The predicted molar refractivity (Wildman–Crippen MR) is 66.9 cm³/mol. The van der Waals surface area contributed by atoms with Gasteiger partial charge in [0.05, 0.1) is 7.11 Å². The fourth-order valence-electron chi connectivity index (χ4n) is 1.98. The average Bonchev–Trinajstić information content (AvgIpc) is 2.99. The molecule has 1 aromatic rings. The van der Waals surface area contributed by atoms with Crippen LogP contribution in [0.1, 0.15) is 24.0 Å². The summed E-state index contributed by atoms with van der Waals surface area (Å²) in [6, 6.07) is 6.44. The highest BCUT2D eigenvalue weighted by Gasteiger charge is 2.41. The maximum absolute atomic E-state index is 5.40. The molecule has 1 aliphatic rings. The monoisotopic (exact) mass is 268 g/mol. The topological polar surface area (TPSA) is 9.23 Å². The van der Waals surface area contributed by atoms with Crippen molar-refractivity contribution in [2.24, 2.45) is 5.41 Å². The number of benzene rings is 1. The van der Waals surface area contributed by atoms with Gasteiger partial charge in [-0.3, -0.25) is 0 Å². The molecular weight excluding hydrogens is 252 g/mol. The highest BCUT2D eigenvalue weighted by molar-refractivity contribution is 9.09. The van der Waals surface area contributed by atoms with Gasteiger partial charge in [0.15, 0.2) is 0 Å². The zero-order valence-electron chi connectivity index (χ0n) is 9.35. The lowest BCUT2D eigenvalue weighted by atomic mass is 9.96. The van der Waals surface area contributed by atoms with Crippen LogP contribution in [0.4, 0.5) is 0 Å². The first-order chi connectivity index (χ1) is 7.19. The summed E-state index contributed by atoms with van der Waals surface area (Å²) in [7, 11) is 1.75. The van der Waals surface area contributed by atoms with Crippen LogP contribution in [0, 0.1) is 12.3 Å². The van der Waals surface area contributed by atoms with Crippen molar-refractivity contribution in [3.63, 3.8) is 0 Å². The van der Waals surface area contributed by atoms with Gasteiger partial charge in [-0.1, -0.05) is 33.6 Å². The summed E-state index contributed by atoms with van der Waals surface area (Å²) < 4.78 is 5.40. The minimum Gasteiger partial charge on any atom is -0.496 e. The molecule has 1 nitrogen and oxygen atoms in total. The number of hydrogen-bond donors (Lipinski definition) is 0. The van der Waals surface area contributed by atoms with Crippen LogP contribution in [0.15, 0.2) is 18.2 Å². The van der Waals surface area contributed by atoms with E-state index in [9.17, 15) is 0 Å². The van der Waals surface area contributed by atoms with E-state index in [1.54, 1.807) is 7.11 Å². The summed E-state index contributed by atoms with van der Waals surface area (Å²) in [5.74, 6) is 1.04. The molecule has 0 amide bonds. The molecule has 0 aromatic heterocycles. The van der Waals surface area contributed by atoms with Gasteiger partial charge in [0, 0.05) is 5.33 Å². The molecule has 0 saturated heterocycles. The van der Waals surface area contributed by atoms with E-state index in [-0.39, 0.29) is 0 Å². The van der Waals surface area contributed by atoms with Gasteiger partial charge >= 0.3 is 0 Å². The number of ether oxygens (including phenoxy) is 1. The van der Waals surface area contributed by atoms with E-state index in [1.165, 1.54) is 24.0 Å². The van der Waals surface area contributed by atoms with E-state index in [2.05, 4.69) is 41.1 Å². The van der Waals surface area contributed by atoms with E-state index >= 15 is 0 Å². The molecule has 0 spiro atoms. The van der Waals surface area contributed by atoms with E-state index < -0.39 is 0 Å². The zero-order valence-corrected chi connectivity index (χ0v) is 10.9. The Morgan fingerprint density at radius 2 is 2.13 bits per heavy atom. The Hall–Kier alpha value is -0.500. The molecular formula is C13H17BrO. The molecule has 0 radical (unpaired) electrons. The van der Waals surface area contributed by atoms with Crippen LogP contribution in [0.3, 0.4) is 0 Å². The molecule has 82 valence electrons. The standard InChI is InChI=1S/C13H17BrO/c1-10-3-4-12(15-2)11(7-10)8-13(9-14)5-6-13/h3-4,7H,5-6,8-9H2,1-2H3. The Balaban J connectivity index is 2.22. The first-order valence-electron chi connectivity index (χ1n) is 5.39. The summed E-state index contributed by atoms with van der Waals surface area (Å²) in [5.41, 5.74) is 3.19. The molecule has 0 N–H and O–H groups in total. The van der Waals surface area contributed by atoms with Gasteiger partial charge in [0.25, 0.3) is 0 Å². The van der Waals surface area contributed by atoms with Crippen molar-refractivity contribution in [3.8, 4) is 5.75 Å². The van der Waals surface area contributed by atoms with Crippen molar-refractivity contribution in [2.75, 3.05) is 12.4 Å². The van der Waals surface area contributed by atoms with Crippen LogP contribution in [0.2, 0.25) is 0 Å². The molecule has 15 heavy (non-hydrogen) atoms. The second-order valence-electron chi connectivity index (χ2n) is 4.63. The third-order valence-electron chi connectivity index (χ3n) is 3.24. The molecule has 0 aliphatic heterocycles. The van der Waals surface area contributed by atoms with Gasteiger partial charge < -0.3 is 4.74 Å². The number of halogens is 1. The number of aryl methyl sites for hydroxylation is 1. The van der Waals surface area contributed by atoms with Crippen LogP contribution in [0.25, 0.3) is 0 Å². The molecule has 0 unspecified atom stereocenters.